The van der Waals surface area contributed by atoms with E-state index < -0.39 is 0 Å². The van der Waals surface area contributed by atoms with Crippen LogP contribution in [0.5, 0.6) is 11.5 Å². The molecule has 2 rings (SSSR count). The van der Waals surface area contributed by atoms with Gasteiger partial charge in [0.1, 0.15) is 0 Å². The molecule has 20 heavy (non-hydrogen) atoms. The molecule has 5 heteroatoms. The number of carbonyl (C=O) groups excluding carboxylic acids is 1. The second-order valence-electron chi connectivity index (χ2n) is 5.63. The number of benzene rings is 1. The summed E-state index contributed by atoms with van der Waals surface area (Å²) in [5.74, 6) is -0.0733. The second-order valence-corrected chi connectivity index (χ2v) is 5.63. The number of rotatable bonds is 4. The van der Waals surface area contributed by atoms with Crippen LogP contribution in [0.25, 0.3) is 0 Å². The smallest absolute Gasteiger partial charge is 0.255 e. The number of nitrogens with one attached hydrogen (secondary N) is 2. The van der Waals surface area contributed by atoms with Gasteiger partial charge in [0.25, 0.3) is 5.91 Å². The molecule has 1 atom stereocenters. The zero-order valence-corrected chi connectivity index (χ0v) is 12.0. The summed E-state index contributed by atoms with van der Waals surface area (Å²) in [4.78, 5) is 12.2. The number of carbonyl (C=O) groups is 1. The molecule has 3 N–H and O–H groups in total. The molecule has 1 fully saturated rings. The third-order valence-corrected chi connectivity index (χ3v) is 3.82. The standard InChI is InChI=1S/C15H22N2O3/c1-15(7-4-8-16-9-15)10-17-14(19)11-5-3-6-12(20-2)13(11)18/h3,5-6,16,18H,4,7-10H2,1-2H3,(H,17,19). The van der Waals surface area contributed by atoms with Crippen molar-refractivity contribution in [1.29, 1.82) is 0 Å². The lowest BCUT2D eigenvalue weighted by Crippen LogP contribution is -2.45. The van der Waals surface area contributed by atoms with E-state index in [-0.39, 0.29) is 22.6 Å². The van der Waals surface area contributed by atoms with Gasteiger partial charge in [-0.15, -0.1) is 0 Å². The van der Waals surface area contributed by atoms with Crippen molar-refractivity contribution in [1.82, 2.24) is 10.6 Å². The van der Waals surface area contributed by atoms with E-state index in [1.54, 1.807) is 18.2 Å². The van der Waals surface area contributed by atoms with Crippen LogP contribution in [0.15, 0.2) is 18.2 Å². The van der Waals surface area contributed by atoms with E-state index in [1.807, 2.05) is 0 Å². The molecule has 5 nitrogen and oxygen atoms in total. The van der Waals surface area contributed by atoms with Crippen molar-refractivity contribution in [2.75, 3.05) is 26.7 Å². The van der Waals surface area contributed by atoms with Gasteiger partial charge in [0.05, 0.1) is 12.7 Å². The molecule has 0 bridgehead atoms. The van der Waals surface area contributed by atoms with Gasteiger partial charge in [-0.1, -0.05) is 13.0 Å². The topological polar surface area (TPSA) is 70.6 Å². The van der Waals surface area contributed by atoms with Crippen molar-refractivity contribution in [2.24, 2.45) is 5.41 Å². The predicted molar refractivity (Wildman–Crippen MR) is 77.2 cm³/mol. The predicted octanol–water partition coefficient (Wildman–Crippen LogP) is 1.52. The minimum Gasteiger partial charge on any atom is -0.504 e. The van der Waals surface area contributed by atoms with Gasteiger partial charge in [0.15, 0.2) is 11.5 Å². The average molecular weight is 278 g/mol. The molecule has 1 saturated heterocycles. The van der Waals surface area contributed by atoms with E-state index in [0.29, 0.717) is 12.3 Å². The molecule has 0 spiro atoms. The molecule has 1 heterocycles. The molecular weight excluding hydrogens is 256 g/mol. The maximum absolute atomic E-state index is 12.2. The van der Waals surface area contributed by atoms with Crippen LogP contribution in [0, 0.1) is 5.41 Å². The molecule has 0 saturated carbocycles. The van der Waals surface area contributed by atoms with Gasteiger partial charge >= 0.3 is 0 Å². The largest absolute Gasteiger partial charge is 0.504 e. The van der Waals surface area contributed by atoms with Crippen molar-refractivity contribution in [3.05, 3.63) is 23.8 Å². The number of amides is 1. The van der Waals surface area contributed by atoms with Gasteiger partial charge in [0.2, 0.25) is 0 Å². The fraction of sp³-hybridized carbons (Fsp3) is 0.533. The summed E-state index contributed by atoms with van der Waals surface area (Å²) < 4.78 is 5.01. The molecule has 0 aromatic heterocycles. The number of piperidine rings is 1. The van der Waals surface area contributed by atoms with Crippen molar-refractivity contribution in [2.45, 2.75) is 19.8 Å². The normalized spacial score (nSPS) is 22.3. The van der Waals surface area contributed by atoms with Gasteiger partial charge in [-0.2, -0.15) is 0 Å². The van der Waals surface area contributed by atoms with Crippen LogP contribution in [0.4, 0.5) is 0 Å². The summed E-state index contributed by atoms with van der Waals surface area (Å²) in [6.07, 6.45) is 2.21. The first kappa shape index (κ1) is 14.7. The Balaban J connectivity index is 2.01. The summed E-state index contributed by atoms with van der Waals surface area (Å²) in [6.45, 7) is 4.69. The summed E-state index contributed by atoms with van der Waals surface area (Å²) in [6, 6.07) is 4.91. The molecule has 110 valence electrons. The number of methoxy groups -OCH3 is 1. The summed E-state index contributed by atoms with van der Waals surface area (Å²) in [5, 5.41) is 16.2. The first-order valence-corrected chi connectivity index (χ1v) is 6.91. The minimum atomic E-state index is -0.270. The number of hydrogen-bond donors (Lipinski definition) is 3. The van der Waals surface area contributed by atoms with E-state index in [2.05, 4.69) is 17.6 Å². The van der Waals surface area contributed by atoms with Gasteiger partial charge in [-0.25, -0.2) is 0 Å². The van der Waals surface area contributed by atoms with Crippen molar-refractivity contribution >= 4 is 5.91 Å². The fourth-order valence-corrected chi connectivity index (χ4v) is 2.53. The van der Waals surface area contributed by atoms with E-state index in [9.17, 15) is 9.90 Å². The first-order chi connectivity index (χ1) is 9.56. The molecule has 1 unspecified atom stereocenters. The number of phenolic OH excluding ortho intramolecular Hbond substituents is 1. The van der Waals surface area contributed by atoms with E-state index in [4.69, 9.17) is 4.74 Å². The van der Waals surface area contributed by atoms with Crippen molar-refractivity contribution in [3.8, 4) is 11.5 Å². The molecule has 1 aliphatic rings. The lowest BCUT2D eigenvalue weighted by Gasteiger charge is -2.34. The first-order valence-electron chi connectivity index (χ1n) is 6.91. The van der Waals surface area contributed by atoms with Crippen LogP contribution in [-0.4, -0.2) is 37.8 Å². The van der Waals surface area contributed by atoms with Gasteiger partial charge in [-0.05, 0) is 36.9 Å². The highest BCUT2D eigenvalue weighted by Gasteiger charge is 2.27. The third kappa shape index (κ3) is 3.22. The molecule has 1 amide bonds. The Kier molecular flexibility index (Phi) is 4.49. The van der Waals surface area contributed by atoms with Crippen LogP contribution in [0.1, 0.15) is 30.1 Å². The fourth-order valence-electron chi connectivity index (χ4n) is 2.53. The van der Waals surface area contributed by atoms with E-state index in [1.165, 1.54) is 7.11 Å². The van der Waals surface area contributed by atoms with Crippen LogP contribution in [0.3, 0.4) is 0 Å². The highest BCUT2D eigenvalue weighted by Crippen LogP contribution is 2.29. The maximum Gasteiger partial charge on any atom is 0.255 e. The van der Waals surface area contributed by atoms with Crippen LogP contribution < -0.4 is 15.4 Å². The molecular formula is C15H22N2O3. The molecule has 0 radical (unpaired) electrons. The van der Waals surface area contributed by atoms with E-state index >= 15 is 0 Å². The number of para-hydroxylation sites is 1. The quantitative estimate of drug-likeness (QED) is 0.781. The van der Waals surface area contributed by atoms with Gasteiger partial charge in [-0.3, -0.25) is 4.79 Å². The van der Waals surface area contributed by atoms with Crippen LogP contribution in [0.2, 0.25) is 0 Å². The summed E-state index contributed by atoms with van der Waals surface area (Å²) in [5.41, 5.74) is 0.319. The zero-order valence-electron chi connectivity index (χ0n) is 12.0. The Morgan fingerprint density at radius 2 is 2.35 bits per heavy atom. The Bertz CT molecular complexity index is 482. The second kappa shape index (κ2) is 6.13. The lowest BCUT2D eigenvalue weighted by atomic mass is 9.83. The number of phenols is 1. The van der Waals surface area contributed by atoms with Gasteiger partial charge in [0, 0.05) is 13.1 Å². The molecule has 1 aromatic carbocycles. The highest BCUT2D eigenvalue weighted by atomic mass is 16.5. The molecule has 1 aromatic rings. The Morgan fingerprint density at radius 1 is 1.55 bits per heavy atom. The van der Waals surface area contributed by atoms with E-state index in [0.717, 1.165) is 25.9 Å². The number of hydrogen-bond acceptors (Lipinski definition) is 4. The maximum atomic E-state index is 12.2. The summed E-state index contributed by atoms with van der Waals surface area (Å²) in [7, 11) is 1.46. The Labute approximate surface area is 119 Å². The van der Waals surface area contributed by atoms with Crippen molar-refractivity contribution in [3.63, 3.8) is 0 Å². The van der Waals surface area contributed by atoms with Crippen LogP contribution in [-0.2, 0) is 0 Å². The van der Waals surface area contributed by atoms with Gasteiger partial charge < -0.3 is 20.5 Å². The number of aromatic hydroxyl groups is 1. The third-order valence-electron chi connectivity index (χ3n) is 3.82. The zero-order chi connectivity index (χ0) is 14.6. The molecule has 0 aliphatic carbocycles. The highest BCUT2D eigenvalue weighted by molar-refractivity contribution is 5.97. The monoisotopic (exact) mass is 278 g/mol. The minimum absolute atomic E-state index is 0.0718. The number of ether oxygens (including phenoxy) is 1. The summed E-state index contributed by atoms with van der Waals surface area (Å²) >= 11 is 0. The lowest BCUT2D eigenvalue weighted by molar-refractivity contribution is 0.0921. The average Bonchev–Trinajstić information content (AvgIpc) is 2.46. The van der Waals surface area contributed by atoms with Crippen molar-refractivity contribution < 1.29 is 14.6 Å². The SMILES string of the molecule is COc1cccc(C(=O)NCC2(C)CCCNC2)c1O. The van der Waals surface area contributed by atoms with Crippen LogP contribution >= 0.6 is 0 Å². The Hall–Kier alpha value is -1.75. The molecule has 1 aliphatic heterocycles. The Morgan fingerprint density at radius 3 is 3.00 bits per heavy atom.